The van der Waals surface area contributed by atoms with Crippen LogP contribution < -0.4 is 4.72 Å². The molecule has 0 saturated heterocycles. The minimum absolute atomic E-state index is 0.275. The third kappa shape index (κ3) is 2.10. The summed E-state index contributed by atoms with van der Waals surface area (Å²) in [6.07, 6.45) is 3.20. The van der Waals surface area contributed by atoms with E-state index in [2.05, 4.69) is 24.5 Å². The van der Waals surface area contributed by atoms with E-state index in [1.807, 2.05) is 0 Å². The van der Waals surface area contributed by atoms with E-state index in [9.17, 15) is 8.42 Å². The Morgan fingerprint density at radius 3 is 3.00 bits per heavy atom. The molecule has 2 aromatic rings. The lowest BCUT2D eigenvalue weighted by molar-refractivity contribution is 0.508. The van der Waals surface area contributed by atoms with Gasteiger partial charge in [0.25, 0.3) is 10.0 Å². The number of rotatable bonds is 2. The number of nitrogens with zero attached hydrogens (tertiary/aromatic N) is 4. The van der Waals surface area contributed by atoms with Crippen LogP contribution in [0.5, 0.6) is 0 Å². The Hall–Kier alpha value is -2.22. The molecule has 0 bridgehead atoms. The SMILES string of the molecule is O=S1(=O)NC(=NCc2nnc3n2CCCC3)c2ccccc21. The summed E-state index contributed by atoms with van der Waals surface area (Å²) >= 11 is 0. The Kier molecular flexibility index (Phi) is 3.00. The molecule has 1 N–H and O–H groups in total. The average molecular weight is 317 g/mol. The van der Waals surface area contributed by atoms with Crippen LogP contribution in [0, 0.1) is 0 Å². The molecule has 2 aliphatic heterocycles. The van der Waals surface area contributed by atoms with Gasteiger partial charge < -0.3 is 4.57 Å². The highest BCUT2D eigenvalue weighted by Gasteiger charge is 2.30. The number of hydrogen-bond donors (Lipinski definition) is 1. The van der Waals surface area contributed by atoms with Crippen molar-refractivity contribution in [3.8, 4) is 0 Å². The fourth-order valence-electron chi connectivity index (χ4n) is 2.89. The van der Waals surface area contributed by atoms with Gasteiger partial charge in [-0.3, -0.25) is 9.71 Å². The summed E-state index contributed by atoms with van der Waals surface area (Å²) in [5.41, 5.74) is 0.612. The first-order chi connectivity index (χ1) is 10.6. The number of sulfonamides is 1. The number of aromatic nitrogens is 3. The van der Waals surface area contributed by atoms with Gasteiger partial charge in [0.15, 0.2) is 5.82 Å². The molecular formula is C14H15N5O2S. The Bertz CT molecular complexity index is 869. The van der Waals surface area contributed by atoms with Gasteiger partial charge in [-0.25, -0.2) is 8.42 Å². The summed E-state index contributed by atoms with van der Waals surface area (Å²) in [6, 6.07) is 6.84. The lowest BCUT2D eigenvalue weighted by atomic mass is 10.2. The molecule has 0 atom stereocenters. The summed E-state index contributed by atoms with van der Waals surface area (Å²) < 4.78 is 28.7. The molecule has 4 rings (SSSR count). The number of fused-ring (bicyclic) bond motifs is 2. The number of hydrogen-bond acceptors (Lipinski definition) is 5. The highest BCUT2D eigenvalue weighted by atomic mass is 32.2. The summed E-state index contributed by atoms with van der Waals surface area (Å²) in [4.78, 5) is 4.69. The first kappa shape index (κ1) is 13.4. The monoisotopic (exact) mass is 317 g/mol. The van der Waals surface area contributed by atoms with Crippen molar-refractivity contribution in [2.75, 3.05) is 0 Å². The first-order valence-electron chi connectivity index (χ1n) is 7.23. The van der Waals surface area contributed by atoms with E-state index in [0.29, 0.717) is 17.9 Å². The van der Waals surface area contributed by atoms with Gasteiger partial charge in [0, 0.05) is 18.5 Å². The van der Waals surface area contributed by atoms with Crippen LogP contribution in [0.15, 0.2) is 34.2 Å². The highest BCUT2D eigenvalue weighted by Crippen LogP contribution is 2.22. The van der Waals surface area contributed by atoms with Crippen LogP contribution in [-0.2, 0) is 29.5 Å². The quantitative estimate of drug-likeness (QED) is 0.889. The van der Waals surface area contributed by atoms with Crippen molar-refractivity contribution in [1.29, 1.82) is 0 Å². The van der Waals surface area contributed by atoms with E-state index in [-0.39, 0.29) is 4.90 Å². The van der Waals surface area contributed by atoms with Gasteiger partial charge >= 0.3 is 0 Å². The van der Waals surface area contributed by atoms with Crippen LogP contribution in [0.4, 0.5) is 0 Å². The van der Waals surface area contributed by atoms with Crippen LogP contribution in [0.2, 0.25) is 0 Å². The molecule has 0 saturated carbocycles. The zero-order valence-corrected chi connectivity index (χ0v) is 12.7. The van der Waals surface area contributed by atoms with Crippen molar-refractivity contribution < 1.29 is 8.42 Å². The van der Waals surface area contributed by atoms with Crippen molar-refractivity contribution in [3.63, 3.8) is 0 Å². The third-order valence-electron chi connectivity index (χ3n) is 3.98. The molecule has 22 heavy (non-hydrogen) atoms. The normalized spacial score (nSPS) is 20.5. The molecule has 1 aromatic carbocycles. The van der Waals surface area contributed by atoms with E-state index >= 15 is 0 Å². The van der Waals surface area contributed by atoms with E-state index in [1.165, 1.54) is 0 Å². The standard InChI is InChI=1S/C14H15N5O2S/c20-22(21)11-6-2-1-5-10(11)14(18-22)15-9-13-17-16-12-7-3-4-8-19(12)13/h1-2,5-6H,3-4,7-9H2,(H,15,18). The molecule has 114 valence electrons. The summed E-state index contributed by atoms with van der Waals surface area (Å²) in [7, 11) is -3.49. The smallest absolute Gasteiger partial charge is 0.263 e. The molecule has 0 aliphatic carbocycles. The van der Waals surface area contributed by atoms with Crippen LogP contribution in [0.25, 0.3) is 0 Å². The summed E-state index contributed by atoms with van der Waals surface area (Å²) in [6.45, 7) is 1.23. The van der Waals surface area contributed by atoms with Crippen LogP contribution >= 0.6 is 0 Å². The zero-order valence-electron chi connectivity index (χ0n) is 11.9. The predicted molar refractivity (Wildman–Crippen MR) is 80.0 cm³/mol. The molecule has 0 fully saturated rings. The Balaban J connectivity index is 1.66. The van der Waals surface area contributed by atoms with Gasteiger partial charge in [-0.05, 0) is 25.0 Å². The molecular weight excluding hydrogens is 302 g/mol. The number of benzene rings is 1. The number of aryl methyl sites for hydroxylation is 1. The number of nitrogens with one attached hydrogen (secondary N) is 1. The molecule has 0 unspecified atom stereocenters. The van der Waals surface area contributed by atoms with E-state index in [1.54, 1.807) is 24.3 Å². The van der Waals surface area contributed by atoms with E-state index in [0.717, 1.165) is 37.5 Å². The van der Waals surface area contributed by atoms with Crippen molar-refractivity contribution in [2.45, 2.75) is 37.2 Å². The molecule has 1 aromatic heterocycles. The Morgan fingerprint density at radius 2 is 2.09 bits per heavy atom. The van der Waals surface area contributed by atoms with E-state index in [4.69, 9.17) is 0 Å². The predicted octanol–water partition coefficient (Wildman–Crippen LogP) is 0.853. The summed E-state index contributed by atoms with van der Waals surface area (Å²) in [5.74, 6) is 2.16. The van der Waals surface area contributed by atoms with Crippen molar-refractivity contribution >= 4 is 15.9 Å². The van der Waals surface area contributed by atoms with Gasteiger partial charge in [0.05, 0.1) is 4.90 Å². The van der Waals surface area contributed by atoms with Gasteiger partial charge in [-0.1, -0.05) is 12.1 Å². The maximum atomic E-state index is 12.0. The highest BCUT2D eigenvalue weighted by molar-refractivity contribution is 7.90. The second kappa shape index (κ2) is 4.91. The van der Waals surface area contributed by atoms with Gasteiger partial charge in [-0.2, -0.15) is 0 Å². The average Bonchev–Trinajstić information content (AvgIpc) is 3.05. The van der Waals surface area contributed by atoms with Crippen LogP contribution in [0.3, 0.4) is 0 Å². The largest absolute Gasteiger partial charge is 0.313 e. The molecule has 8 heteroatoms. The molecule has 0 radical (unpaired) electrons. The van der Waals surface area contributed by atoms with E-state index < -0.39 is 10.0 Å². The first-order valence-corrected chi connectivity index (χ1v) is 8.71. The number of aliphatic imine (C=N–C) groups is 1. The van der Waals surface area contributed by atoms with Gasteiger partial charge in [-0.15, -0.1) is 10.2 Å². The van der Waals surface area contributed by atoms with Crippen molar-refractivity contribution in [3.05, 3.63) is 41.5 Å². The van der Waals surface area contributed by atoms with Crippen LogP contribution in [0.1, 0.15) is 30.1 Å². The van der Waals surface area contributed by atoms with Crippen molar-refractivity contribution in [1.82, 2.24) is 19.5 Å². The molecule has 7 nitrogen and oxygen atoms in total. The topological polar surface area (TPSA) is 89.2 Å². The van der Waals surface area contributed by atoms with Crippen LogP contribution in [-0.4, -0.2) is 29.0 Å². The Labute approximate surface area is 128 Å². The molecule has 0 amide bonds. The maximum Gasteiger partial charge on any atom is 0.263 e. The lowest BCUT2D eigenvalue weighted by Crippen LogP contribution is -2.22. The van der Waals surface area contributed by atoms with Gasteiger partial charge in [0.2, 0.25) is 0 Å². The summed E-state index contributed by atoms with van der Waals surface area (Å²) in [5, 5.41) is 8.36. The molecule has 3 heterocycles. The maximum absolute atomic E-state index is 12.0. The minimum Gasteiger partial charge on any atom is -0.313 e. The molecule has 2 aliphatic rings. The Morgan fingerprint density at radius 1 is 1.23 bits per heavy atom. The zero-order chi connectivity index (χ0) is 15.2. The fourth-order valence-corrected chi connectivity index (χ4v) is 4.14. The minimum atomic E-state index is -3.49. The lowest BCUT2D eigenvalue weighted by Gasteiger charge is -2.13. The van der Waals surface area contributed by atoms with Crippen molar-refractivity contribution in [2.24, 2.45) is 4.99 Å². The molecule has 0 spiro atoms. The number of amidine groups is 1. The second-order valence-electron chi connectivity index (χ2n) is 5.41. The fraction of sp³-hybridized carbons (Fsp3) is 0.357. The second-order valence-corrected chi connectivity index (χ2v) is 7.06. The van der Waals surface area contributed by atoms with Gasteiger partial charge in [0.1, 0.15) is 18.2 Å². The third-order valence-corrected chi connectivity index (χ3v) is 5.37.